The molecule has 102 valence electrons. The van der Waals surface area contributed by atoms with Crippen molar-refractivity contribution in [3.8, 4) is 0 Å². The van der Waals surface area contributed by atoms with Crippen molar-refractivity contribution in [2.24, 2.45) is 0 Å². The van der Waals surface area contributed by atoms with Crippen LogP contribution in [0.3, 0.4) is 0 Å². The van der Waals surface area contributed by atoms with Crippen molar-refractivity contribution in [3.05, 3.63) is 35.4 Å². The van der Waals surface area contributed by atoms with Crippen LogP contribution in [0.15, 0.2) is 24.3 Å². The second-order valence-corrected chi connectivity index (χ2v) is 6.16. The average molecular weight is 270 g/mol. The van der Waals surface area contributed by atoms with Crippen LogP contribution < -0.4 is 10.0 Å². The highest BCUT2D eigenvalue weighted by molar-refractivity contribution is 7.88. The fourth-order valence-electron chi connectivity index (χ4n) is 1.63. The van der Waals surface area contributed by atoms with Crippen LogP contribution >= 0.6 is 0 Å². The summed E-state index contributed by atoms with van der Waals surface area (Å²) >= 11 is 0. The second kappa shape index (κ2) is 7.51. The third-order valence-corrected chi connectivity index (χ3v) is 3.97. The van der Waals surface area contributed by atoms with Crippen LogP contribution in [0.4, 0.5) is 0 Å². The van der Waals surface area contributed by atoms with Crippen LogP contribution in [0.25, 0.3) is 0 Å². The molecule has 1 rings (SSSR count). The lowest BCUT2D eigenvalue weighted by Crippen LogP contribution is -2.26. The highest BCUT2D eigenvalue weighted by atomic mass is 32.2. The van der Waals surface area contributed by atoms with Gasteiger partial charge in [-0.1, -0.05) is 37.6 Å². The maximum absolute atomic E-state index is 11.8. The van der Waals surface area contributed by atoms with Gasteiger partial charge in [-0.3, -0.25) is 0 Å². The van der Waals surface area contributed by atoms with Crippen LogP contribution in [-0.4, -0.2) is 22.0 Å². The standard InChI is InChI=1S/C13H22N2O2S/c1-3-4-9-15-18(16,17)11-13-7-5-12(6-8-13)10-14-2/h5-8,14-15H,3-4,9-11H2,1-2H3. The lowest BCUT2D eigenvalue weighted by Gasteiger charge is -2.07. The van der Waals surface area contributed by atoms with Gasteiger partial charge in [0.15, 0.2) is 0 Å². The monoisotopic (exact) mass is 270 g/mol. The summed E-state index contributed by atoms with van der Waals surface area (Å²) in [5, 5.41) is 3.06. The zero-order valence-corrected chi connectivity index (χ0v) is 11.9. The molecule has 0 radical (unpaired) electrons. The Bertz CT molecular complexity index is 441. The highest BCUT2D eigenvalue weighted by Crippen LogP contribution is 2.07. The Morgan fingerprint density at radius 2 is 1.72 bits per heavy atom. The molecular formula is C13H22N2O2S. The van der Waals surface area contributed by atoms with Gasteiger partial charge in [-0.25, -0.2) is 13.1 Å². The van der Waals surface area contributed by atoms with Gasteiger partial charge in [0.05, 0.1) is 5.75 Å². The van der Waals surface area contributed by atoms with Crippen molar-refractivity contribution in [1.82, 2.24) is 10.0 Å². The fourth-order valence-corrected chi connectivity index (χ4v) is 2.82. The van der Waals surface area contributed by atoms with E-state index >= 15 is 0 Å². The predicted octanol–water partition coefficient (Wildman–Crippen LogP) is 1.63. The van der Waals surface area contributed by atoms with Crippen LogP contribution in [0.1, 0.15) is 30.9 Å². The highest BCUT2D eigenvalue weighted by Gasteiger charge is 2.10. The smallest absolute Gasteiger partial charge is 0.215 e. The summed E-state index contributed by atoms with van der Waals surface area (Å²) in [6.07, 6.45) is 1.86. The van der Waals surface area contributed by atoms with Gasteiger partial charge in [0.2, 0.25) is 10.0 Å². The molecule has 18 heavy (non-hydrogen) atoms. The Balaban J connectivity index is 2.55. The molecule has 0 aliphatic carbocycles. The molecular weight excluding hydrogens is 248 g/mol. The van der Waals surface area contributed by atoms with Crippen molar-refractivity contribution in [1.29, 1.82) is 0 Å². The van der Waals surface area contributed by atoms with E-state index in [2.05, 4.69) is 10.0 Å². The molecule has 0 unspecified atom stereocenters. The zero-order chi connectivity index (χ0) is 13.4. The minimum atomic E-state index is -3.20. The first-order valence-electron chi connectivity index (χ1n) is 6.27. The summed E-state index contributed by atoms with van der Waals surface area (Å²) in [6.45, 7) is 3.35. The van der Waals surface area contributed by atoms with Gasteiger partial charge in [0.25, 0.3) is 0 Å². The SMILES string of the molecule is CCCCNS(=O)(=O)Cc1ccc(CNC)cc1. The van der Waals surface area contributed by atoms with Gasteiger partial charge in [0.1, 0.15) is 0 Å². The van der Waals surface area contributed by atoms with Gasteiger partial charge < -0.3 is 5.32 Å². The van der Waals surface area contributed by atoms with E-state index in [-0.39, 0.29) is 5.75 Å². The van der Waals surface area contributed by atoms with Gasteiger partial charge >= 0.3 is 0 Å². The number of nitrogens with one attached hydrogen (secondary N) is 2. The third-order valence-electron chi connectivity index (χ3n) is 2.61. The third kappa shape index (κ3) is 5.62. The average Bonchev–Trinajstić information content (AvgIpc) is 2.32. The van der Waals surface area contributed by atoms with Crippen LogP contribution in [0.2, 0.25) is 0 Å². The minimum Gasteiger partial charge on any atom is -0.316 e. The molecule has 0 bridgehead atoms. The normalized spacial score (nSPS) is 11.7. The van der Waals surface area contributed by atoms with E-state index in [4.69, 9.17) is 0 Å². The van der Waals surface area contributed by atoms with Crippen molar-refractivity contribution in [2.75, 3.05) is 13.6 Å². The van der Waals surface area contributed by atoms with E-state index in [0.29, 0.717) is 6.54 Å². The van der Waals surface area contributed by atoms with Crippen molar-refractivity contribution in [2.45, 2.75) is 32.1 Å². The second-order valence-electron chi connectivity index (χ2n) is 4.35. The van der Waals surface area contributed by atoms with Crippen LogP contribution in [0.5, 0.6) is 0 Å². The van der Waals surface area contributed by atoms with Crippen molar-refractivity contribution < 1.29 is 8.42 Å². The first kappa shape index (κ1) is 15.1. The van der Waals surface area contributed by atoms with E-state index in [1.807, 2.05) is 38.2 Å². The van der Waals surface area contributed by atoms with Gasteiger partial charge in [-0.2, -0.15) is 0 Å². The number of unbranched alkanes of at least 4 members (excludes halogenated alkanes) is 1. The molecule has 0 fully saturated rings. The van der Waals surface area contributed by atoms with Gasteiger partial charge in [0, 0.05) is 13.1 Å². The lowest BCUT2D eigenvalue weighted by atomic mass is 10.1. The van der Waals surface area contributed by atoms with E-state index in [9.17, 15) is 8.42 Å². The number of rotatable bonds is 8. The Morgan fingerprint density at radius 1 is 1.11 bits per heavy atom. The minimum absolute atomic E-state index is 0.0521. The fraction of sp³-hybridized carbons (Fsp3) is 0.538. The number of hydrogen-bond donors (Lipinski definition) is 2. The molecule has 0 spiro atoms. The molecule has 0 aromatic heterocycles. The summed E-state index contributed by atoms with van der Waals surface area (Å²) in [5.41, 5.74) is 1.97. The number of hydrogen-bond acceptors (Lipinski definition) is 3. The van der Waals surface area contributed by atoms with E-state index in [0.717, 1.165) is 30.5 Å². The molecule has 0 amide bonds. The largest absolute Gasteiger partial charge is 0.316 e. The van der Waals surface area contributed by atoms with Gasteiger partial charge in [-0.05, 0) is 24.6 Å². The maximum atomic E-state index is 11.8. The molecule has 0 saturated carbocycles. The number of benzene rings is 1. The predicted molar refractivity (Wildman–Crippen MR) is 74.7 cm³/mol. The molecule has 4 nitrogen and oxygen atoms in total. The van der Waals surface area contributed by atoms with E-state index in [1.54, 1.807) is 0 Å². The zero-order valence-electron chi connectivity index (χ0n) is 11.1. The summed E-state index contributed by atoms with van der Waals surface area (Å²) in [7, 11) is -1.31. The van der Waals surface area contributed by atoms with E-state index in [1.165, 1.54) is 0 Å². The summed E-state index contributed by atoms with van der Waals surface area (Å²) < 4.78 is 26.1. The molecule has 0 heterocycles. The Morgan fingerprint density at radius 3 is 2.28 bits per heavy atom. The topological polar surface area (TPSA) is 58.2 Å². The Hall–Kier alpha value is -0.910. The van der Waals surface area contributed by atoms with Crippen LogP contribution in [-0.2, 0) is 22.3 Å². The van der Waals surface area contributed by atoms with Gasteiger partial charge in [-0.15, -0.1) is 0 Å². The Labute approximate surface area is 110 Å². The Kier molecular flexibility index (Phi) is 6.32. The summed E-state index contributed by atoms with van der Waals surface area (Å²) in [4.78, 5) is 0. The molecule has 5 heteroatoms. The van der Waals surface area contributed by atoms with Crippen molar-refractivity contribution >= 4 is 10.0 Å². The maximum Gasteiger partial charge on any atom is 0.215 e. The van der Waals surface area contributed by atoms with Crippen molar-refractivity contribution in [3.63, 3.8) is 0 Å². The molecule has 0 atom stereocenters. The molecule has 0 aliphatic rings. The molecule has 0 aliphatic heterocycles. The first-order valence-corrected chi connectivity index (χ1v) is 7.92. The molecule has 1 aromatic rings. The molecule has 1 aromatic carbocycles. The molecule has 0 saturated heterocycles. The van der Waals surface area contributed by atoms with Crippen LogP contribution in [0, 0.1) is 0 Å². The number of sulfonamides is 1. The summed E-state index contributed by atoms with van der Waals surface area (Å²) in [5.74, 6) is 0.0521. The quantitative estimate of drug-likeness (QED) is 0.706. The van der Waals surface area contributed by atoms with E-state index < -0.39 is 10.0 Å². The lowest BCUT2D eigenvalue weighted by molar-refractivity contribution is 0.577. The first-order chi connectivity index (χ1) is 8.57. The summed E-state index contributed by atoms with van der Waals surface area (Å²) in [6, 6.07) is 7.64. The molecule has 2 N–H and O–H groups in total.